The van der Waals surface area contributed by atoms with Crippen LogP contribution < -0.4 is 10.1 Å². The van der Waals surface area contributed by atoms with Crippen molar-refractivity contribution < 1.29 is 22.7 Å². The van der Waals surface area contributed by atoms with Gasteiger partial charge in [-0.2, -0.15) is 4.31 Å². The first-order valence-electron chi connectivity index (χ1n) is 11.2. The molecule has 1 aliphatic rings. The summed E-state index contributed by atoms with van der Waals surface area (Å²) in [5, 5.41) is 2.85. The predicted octanol–water partition coefficient (Wildman–Crippen LogP) is 2.70. The summed E-state index contributed by atoms with van der Waals surface area (Å²) in [5.74, 6) is -0.0561. The van der Waals surface area contributed by atoms with E-state index in [2.05, 4.69) is 5.32 Å². The molecule has 0 aliphatic carbocycles. The van der Waals surface area contributed by atoms with E-state index in [1.54, 1.807) is 53.4 Å². The van der Waals surface area contributed by atoms with Gasteiger partial charge in [-0.05, 0) is 42.0 Å². The molecule has 1 aliphatic heterocycles. The fourth-order valence-corrected chi connectivity index (χ4v) is 5.39. The fourth-order valence-electron chi connectivity index (χ4n) is 3.97. The monoisotopic (exact) mass is 493 g/mol. The van der Waals surface area contributed by atoms with E-state index >= 15 is 0 Å². The average Bonchev–Trinajstić information content (AvgIpc) is 2.92. The lowest BCUT2D eigenvalue weighted by atomic mass is 10.0. The second-order valence-electron chi connectivity index (χ2n) is 8.09. The van der Waals surface area contributed by atoms with Gasteiger partial charge < -0.3 is 15.0 Å². The lowest BCUT2D eigenvalue weighted by Crippen LogP contribution is -2.53. The third kappa shape index (κ3) is 5.52. The van der Waals surface area contributed by atoms with Crippen LogP contribution in [0.2, 0.25) is 0 Å². The molecule has 2 amide bonds. The van der Waals surface area contributed by atoms with Crippen LogP contribution in [0.25, 0.3) is 0 Å². The number of methoxy groups -OCH3 is 1. The highest BCUT2D eigenvalue weighted by molar-refractivity contribution is 7.89. The van der Waals surface area contributed by atoms with Gasteiger partial charge >= 0.3 is 0 Å². The van der Waals surface area contributed by atoms with E-state index in [4.69, 9.17) is 4.74 Å². The molecule has 1 unspecified atom stereocenters. The number of hydrogen-bond donors (Lipinski definition) is 1. The number of nitrogens with one attached hydrogen (secondary N) is 1. The van der Waals surface area contributed by atoms with Gasteiger partial charge in [-0.1, -0.05) is 48.5 Å². The molecule has 4 rings (SSSR count). The summed E-state index contributed by atoms with van der Waals surface area (Å²) < 4.78 is 32.6. The smallest absolute Gasteiger partial charge is 0.252 e. The quantitative estimate of drug-likeness (QED) is 0.546. The molecule has 3 aromatic carbocycles. The third-order valence-electron chi connectivity index (χ3n) is 5.94. The van der Waals surface area contributed by atoms with Crippen LogP contribution in [-0.2, 0) is 14.8 Å². The maximum absolute atomic E-state index is 13.5. The van der Waals surface area contributed by atoms with Crippen molar-refractivity contribution >= 4 is 21.8 Å². The Bertz CT molecular complexity index is 1260. The summed E-state index contributed by atoms with van der Waals surface area (Å²) >= 11 is 0. The Morgan fingerprint density at radius 2 is 1.40 bits per heavy atom. The second-order valence-corrected chi connectivity index (χ2v) is 10.0. The van der Waals surface area contributed by atoms with Gasteiger partial charge in [0.05, 0.1) is 12.0 Å². The number of piperazine rings is 1. The number of nitrogens with zero attached hydrogens (tertiary/aromatic N) is 2. The Balaban J connectivity index is 1.47. The number of sulfonamides is 1. The van der Waals surface area contributed by atoms with Gasteiger partial charge in [0.1, 0.15) is 11.8 Å². The minimum Gasteiger partial charge on any atom is -0.497 e. The molecule has 1 fully saturated rings. The highest BCUT2D eigenvalue weighted by Gasteiger charge is 2.34. The van der Waals surface area contributed by atoms with Gasteiger partial charge in [0.2, 0.25) is 15.9 Å². The van der Waals surface area contributed by atoms with Crippen LogP contribution in [-0.4, -0.2) is 62.7 Å². The fraction of sp³-hybridized carbons (Fsp3) is 0.231. The van der Waals surface area contributed by atoms with Crippen LogP contribution in [0.3, 0.4) is 0 Å². The Hall–Kier alpha value is -3.69. The van der Waals surface area contributed by atoms with E-state index in [0.717, 1.165) is 0 Å². The highest BCUT2D eigenvalue weighted by atomic mass is 32.2. The molecule has 0 radical (unpaired) electrons. The van der Waals surface area contributed by atoms with Gasteiger partial charge in [0.15, 0.2) is 0 Å². The Kier molecular flexibility index (Phi) is 7.48. The van der Waals surface area contributed by atoms with Crippen molar-refractivity contribution in [2.75, 3.05) is 33.3 Å². The molecular weight excluding hydrogens is 466 g/mol. The Morgan fingerprint density at radius 1 is 0.829 bits per heavy atom. The summed E-state index contributed by atoms with van der Waals surface area (Å²) in [7, 11) is -2.17. The molecule has 1 N–H and O–H groups in total. The summed E-state index contributed by atoms with van der Waals surface area (Å²) in [6.45, 7) is 0.764. The number of carbonyl (C=O) groups excluding carboxylic acids is 2. The zero-order valence-corrected chi connectivity index (χ0v) is 20.1. The van der Waals surface area contributed by atoms with Crippen LogP contribution >= 0.6 is 0 Å². The van der Waals surface area contributed by atoms with Gasteiger partial charge in [-0.25, -0.2) is 8.42 Å². The normalized spacial score (nSPS) is 15.3. The summed E-state index contributed by atoms with van der Waals surface area (Å²) in [5.41, 5.74) is 1.12. The van der Waals surface area contributed by atoms with Crippen molar-refractivity contribution in [1.29, 1.82) is 0 Å². The lowest BCUT2D eigenvalue weighted by Gasteiger charge is -2.36. The highest BCUT2D eigenvalue weighted by Crippen LogP contribution is 2.23. The molecule has 0 bridgehead atoms. The second kappa shape index (κ2) is 10.7. The minimum absolute atomic E-state index is 0.161. The summed E-state index contributed by atoms with van der Waals surface area (Å²) in [4.78, 5) is 28.1. The lowest BCUT2D eigenvalue weighted by molar-refractivity contribution is -0.134. The SMILES string of the molecule is COc1ccc(S(=O)(=O)N2CCN(C(=O)C(NC(=O)c3ccccc3)c3ccccc3)CC2)cc1. The van der Waals surface area contributed by atoms with Gasteiger partial charge in [-0.3, -0.25) is 9.59 Å². The third-order valence-corrected chi connectivity index (χ3v) is 7.85. The largest absolute Gasteiger partial charge is 0.497 e. The van der Waals surface area contributed by atoms with Crippen LogP contribution in [0.1, 0.15) is 22.0 Å². The topological polar surface area (TPSA) is 96.0 Å². The van der Waals surface area contributed by atoms with Crippen LogP contribution in [0.5, 0.6) is 5.75 Å². The van der Waals surface area contributed by atoms with Crippen molar-refractivity contribution in [3.63, 3.8) is 0 Å². The zero-order valence-electron chi connectivity index (χ0n) is 19.3. The number of rotatable bonds is 7. The van der Waals surface area contributed by atoms with E-state index in [-0.39, 0.29) is 42.9 Å². The Labute approximate surface area is 205 Å². The molecule has 0 aromatic heterocycles. The molecule has 0 saturated carbocycles. The Morgan fingerprint density at radius 3 is 1.97 bits per heavy atom. The van der Waals surface area contributed by atoms with Crippen molar-refractivity contribution in [3.8, 4) is 5.75 Å². The van der Waals surface area contributed by atoms with E-state index in [1.165, 1.54) is 23.5 Å². The van der Waals surface area contributed by atoms with Crippen LogP contribution in [0.15, 0.2) is 89.8 Å². The zero-order chi connectivity index (χ0) is 24.8. The van der Waals surface area contributed by atoms with Crippen LogP contribution in [0.4, 0.5) is 0 Å². The molecule has 9 heteroatoms. The van der Waals surface area contributed by atoms with Crippen molar-refractivity contribution in [1.82, 2.24) is 14.5 Å². The number of amides is 2. The molecule has 8 nitrogen and oxygen atoms in total. The molecule has 182 valence electrons. The minimum atomic E-state index is -3.69. The molecule has 3 aromatic rings. The van der Waals surface area contributed by atoms with Gasteiger partial charge in [-0.15, -0.1) is 0 Å². The van der Waals surface area contributed by atoms with E-state index in [0.29, 0.717) is 16.9 Å². The maximum Gasteiger partial charge on any atom is 0.252 e. The summed E-state index contributed by atoms with van der Waals surface area (Å²) in [6, 6.07) is 23.1. The average molecular weight is 494 g/mol. The number of ether oxygens (including phenoxy) is 1. The van der Waals surface area contributed by atoms with E-state index < -0.39 is 16.1 Å². The molecule has 1 heterocycles. The molecule has 35 heavy (non-hydrogen) atoms. The number of benzene rings is 3. The van der Waals surface area contributed by atoms with Crippen LogP contribution in [0, 0.1) is 0 Å². The van der Waals surface area contributed by atoms with E-state index in [1.807, 2.05) is 24.3 Å². The molecule has 1 atom stereocenters. The standard InChI is InChI=1S/C26H27N3O5S/c1-34-22-12-14-23(15-13-22)35(32,33)29-18-16-28(17-19-29)26(31)24(20-8-4-2-5-9-20)27-25(30)21-10-6-3-7-11-21/h2-15,24H,16-19H2,1H3,(H,27,30). The van der Waals surface area contributed by atoms with Crippen molar-refractivity contribution in [3.05, 3.63) is 96.1 Å². The van der Waals surface area contributed by atoms with Gasteiger partial charge in [0, 0.05) is 31.7 Å². The van der Waals surface area contributed by atoms with Crippen molar-refractivity contribution in [2.24, 2.45) is 0 Å². The molecular formula is C26H27N3O5S. The summed E-state index contributed by atoms with van der Waals surface area (Å²) in [6.07, 6.45) is 0. The molecule has 1 saturated heterocycles. The number of hydrogen-bond acceptors (Lipinski definition) is 5. The predicted molar refractivity (Wildman–Crippen MR) is 131 cm³/mol. The number of carbonyl (C=O) groups is 2. The first-order chi connectivity index (χ1) is 16.9. The van der Waals surface area contributed by atoms with E-state index in [9.17, 15) is 18.0 Å². The molecule has 0 spiro atoms. The van der Waals surface area contributed by atoms with Gasteiger partial charge in [0.25, 0.3) is 5.91 Å². The maximum atomic E-state index is 13.5. The first-order valence-corrected chi connectivity index (χ1v) is 12.7. The van der Waals surface area contributed by atoms with Crippen molar-refractivity contribution in [2.45, 2.75) is 10.9 Å². The first kappa shape index (κ1) is 24.4.